The molecule has 0 amide bonds. The van der Waals surface area contributed by atoms with Gasteiger partial charge < -0.3 is 13.5 Å². The lowest BCUT2D eigenvalue weighted by atomic mass is 10.9. The van der Waals surface area contributed by atoms with Crippen molar-refractivity contribution in [3.63, 3.8) is 0 Å². The molecule has 0 aromatic heterocycles. The lowest BCUT2D eigenvalue weighted by Crippen LogP contribution is -2.12. The van der Waals surface area contributed by atoms with Gasteiger partial charge in [0.1, 0.15) is 0 Å². The van der Waals surface area contributed by atoms with Crippen LogP contribution in [0.5, 0.6) is 0 Å². The van der Waals surface area contributed by atoms with Crippen LogP contribution in [0, 0.1) is 0 Å². The van der Waals surface area contributed by atoms with E-state index in [0.717, 1.165) is 6.92 Å². The van der Waals surface area contributed by atoms with Gasteiger partial charge in [0.05, 0.1) is 0 Å². The Labute approximate surface area is 63.4 Å². The van der Waals surface area contributed by atoms with Crippen molar-refractivity contribution in [1.82, 2.24) is 0 Å². The maximum atomic E-state index is 10.4. The highest BCUT2D eigenvalue weighted by molar-refractivity contribution is 7.82. The molecule has 1 N–H and O–H groups in total. The quantitative estimate of drug-likeness (QED) is 0.610. The van der Waals surface area contributed by atoms with Gasteiger partial charge in [0.25, 0.3) is 5.95 Å². The van der Waals surface area contributed by atoms with Gasteiger partial charge in [-0.2, -0.15) is 0 Å². The first kappa shape index (κ1) is 9.76. The first-order valence-electron chi connectivity index (χ1n) is 2.36. The van der Waals surface area contributed by atoms with E-state index in [1.807, 2.05) is 0 Å². The molecule has 0 aliphatic rings. The summed E-state index contributed by atoms with van der Waals surface area (Å²) in [7, 11) is -4.48. The Hall–Kier alpha value is -1.24. The molecule has 0 bridgehead atoms. The van der Waals surface area contributed by atoms with Crippen LogP contribution in [-0.2, 0) is 23.6 Å². The Morgan fingerprint density at radius 3 is 2.18 bits per heavy atom. The van der Waals surface area contributed by atoms with Crippen molar-refractivity contribution in [1.29, 1.82) is 0 Å². The summed E-state index contributed by atoms with van der Waals surface area (Å²) < 4.78 is 28.0. The Balaban J connectivity index is 4.25. The lowest BCUT2D eigenvalue weighted by molar-refractivity contribution is -0.132. The van der Waals surface area contributed by atoms with Crippen molar-refractivity contribution < 1.29 is 26.7 Å². The van der Waals surface area contributed by atoms with Crippen molar-refractivity contribution in [2.45, 2.75) is 6.92 Å². The molecule has 0 unspecified atom stereocenters. The van der Waals surface area contributed by atoms with Crippen LogP contribution in [0.3, 0.4) is 0 Å². The van der Waals surface area contributed by atoms with E-state index < -0.39 is 22.3 Å². The van der Waals surface area contributed by atoms with E-state index in [9.17, 15) is 13.2 Å². The Morgan fingerprint density at radius 2 is 1.91 bits per heavy atom. The Bertz CT molecular complexity index is 240. The molecule has 0 spiro atoms. The third-order valence-electron chi connectivity index (χ3n) is 0.418. The molecule has 0 aliphatic heterocycles. The minimum absolute atomic E-state index is 0.876. The molecule has 64 valence electrons. The summed E-state index contributed by atoms with van der Waals surface area (Å²) in [6, 6.07) is 0. The van der Waals surface area contributed by atoms with Crippen LogP contribution < -0.4 is 0 Å². The average molecular weight is 182 g/mol. The molecule has 0 radical (unpaired) electrons. The standard InChI is InChI=1S/C4H6O6S/c1-3(5)9-11(7,8)10-4(2)6/h5H,1H2,2H3. The molecule has 0 saturated carbocycles. The van der Waals surface area contributed by atoms with Crippen LogP contribution in [0.25, 0.3) is 0 Å². The van der Waals surface area contributed by atoms with Crippen molar-refractivity contribution in [3.05, 3.63) is 12.5 Å². The molecule has 6 nitrogen and oxygen atoms in total. The zero-order valence-corrected chi connectivity index (χ0v) is 6.42. The van der Waals surface area contributed by atoms with E-state index in [2.05, 4.69) is 14.9 Å². The summed E-state index contributed by atoms with van der Waals surface area (Å²) >= 11 is 0. The lowest BCUT2D eigenvalue weighted by Gasteiger charge is -2.01. The van der Waals surface area contributed by atoms with E-state index in [1.165, 1.54) is 0 Å². The summed E-state index contributed by atoms with van der Waals surface area (Å²) in [6.45, 7) is 3.59. The normalized spacial score (nSPS) is 10.3. The molecule has 7 heteroatoms. The number of carbonyl (C=O) groups excluding carboxylic acids is 1. The summed E-state index contributed by atoms with van der Waals surface area (Å²) in [5, 5.41) is 8.21. The second kappa shape index (κ2) is 3.24. The summed E-state index contributed by atoms with van der Waals surface area (Å²) in [5.74, 6) is -2.13. The van der Waals surface area contributed by atoms with Crippen molar-refractivity contribution in [2.75, 3.05) is 0 Å². The third-order valence-corrected chi connectivity index (χ3v) is 1.25. The topological polar surface area (TPSA) is 89.9 Å². The number of aliphatic hydroxyl groups is 1. The zero-order valence-electron chi connectivity index (χ0n) is 5.60. The van der Waals surface area contributed by atoms with E-state index in [-0.39, 0.29) is 0 Å². The molecule has 0 saturated heterocycles. The van der Waals surface area contributed by atoms with Crippen molar-refractivity contribution in [2.24, 2.45) is 0 Å². The van der Waals surface area contributed by atoms with Gasteiger partial charge in [-0.15, -0.1) is 8.42 Å². The van der Waals surface area contributed by atoms with Crippen LogP contribution in [0.1, 0.15) is 6.92 Å². The second-order valence-corrected chi connectivity index (χ2v) is 2.61. The van der Waals surface area contributed by atoms with Crippen LogP contribution in [-0.4, -0.2) is 19.5 Å². The number of hydrogen-bond acceptors (Lipinski definition) is 6. The number of rotatable bonds is 3. The highest BCUT2D eigenvalue weighted by Crippen LogP contribution is 2.00. The predicted octanol–water partition coefficient (Wildman–Crippen LogP) is -0.160. The van der Waals surface area contributed by atoms with Crippen LogP contribution >= 0.6 is 0 Å². The van der Waals surface area contributed by atoms with E-state index >= 15 is 0 Å². The SMILES string of the molecule is C=C(O)OS(=O)(=O)OC(C)=O. The highest BCUT2D eigenvalue weighted by atomic mass is 32.3. The van der Waals surface area contributed by atoms with Gasteiger partial charge in [-0.3, -0.25) is 4.79 Å². The molecule has 0 aromatic carbocycles. The van der Waals surface area contributed by atoms with Gasteiger partial charge in [-0.25, -0.2) is 0 Å². The van der Waals surface area contributed by atoms with Gasteiger partial charge in [-0.1, -0.05) is 0 Å². The maximum absolute atomic E-state index is 10.4. The molecular weight excluding hydrogens is 176 g/mol. The minimum Gasteiger partial charge on any atom is -0.481 e. The maximum Gasteiger partial charge on any atom is 0.506 e. The molecule has 0 atom stereocenters. The minimum atomic E-state index is -4.48. The van der Waals surface area contributed by atoms with Crippen LogP contribution in [0.4, 0.5) is 0 Å². The largest absolute Gasteiger partial charge is 0.506 e. The monoisotopic (exact) mass is 182 g/mol. The van der Waals surface area contributed by atoms with E-state index in [4.69, 9.17) is 5.11 Å². The van der Waals surface area contributed by atoms with Crippen LogP contribution in [0.2, 0.25) is 0 Å². The van der Waals surface area contributed by atoms with Crippen molar-refractivity contribution in [3.8, 4) is 0 Å². The molecule has 0 rings (SSSR count). The predicted molar refractivity (Wildman–Crippen MR) is 33.5 cm³/mol. The summed E-state index contributed by atoms with van der Waals surface area (Å²) in [5.41, 5.74) is 0. The number of hydrogen-bond donors (Lipinski definition) is 1. The fourth-order valence-electron chi connectivity index (χ4n) is 0.279. The highest BCUT2D eigenvalue weighted by Gasteiger charge is 2.16. The fraction of sp³-hybridized carbons (Fsp3) is 0.250. The van der Waals surface area contributed by atoms with Gasteiger partial charge in [0.2, 0.25) is 0 Å². The molecule has 0 heterocycles. The average Bonchev–Trinajstić information content (AvgIpc) is 1.53. The molecule has 0 aromatic rings. The smallest absolute Gasteiger partial charge is 0.481 e. The second-order valence-electron chi connectivity index (χ2n) is 1.46. The van der Waals surface area contributed by atoms with E-state index in [1.54, 1.807) is 0 Å². The molecular formula is C4H6O6S. The van der Waals surface area contributed by atoms with Gasteiger partial charge >= 0.3 is 16.4 Å². The van der Waals surface area contributed by atoms with Crippen molar-refractivity contribution >= 4 is 16.4 Å². The Morgan fingerprint density at radius 1 is 1.45 bits per heavy atom. The summed E-state index contributed by atoms with van der Waals surface area (Å²) in [4.78, 5) is 10.0. The molecule has 0 aliphatic carbocycles. The number of aliphatic hydroxyl groups excluding tert-OH is 1. The fourth-order valence-corrected chi connectivity index (χ4v) is 0.836. The third kappa shape index (κ3) is 5.22. The van der Waals surface area contributed by atoms with Gasteiger partial charge in [0, 0.05) is 6.92 Å². The van der Waals surface area contributed by atoms with Gasteiger partial charge in [0.15, 0.2) is 0 Å². The van der Waals surface area contributed by atoms with Crippen LogP contribution in [0.15, 0.2) is 12.5 Å². The zero-order chi connectivity index (χ0) is 9.07. The molecule has 0 fully saturated rings. The number of carbonyl (C=O) groups is 1. The Kier molecular flexibility index (Phi) is 2.87. The van der Waals surface area contributed by atoms with E-state index in [0.29, 0.717) is 0 Å². The van der Waals surface area contributed by atoms with Gasteiger partial charge in [-0.05, 0) is 6.58 Å². The first-order chi connectivity index (χ1) is 4.83. The summed E-state index contributed by atoms with van der Waals surface area (Å²) in [6.07, 6.45) is 0. The molecule has 11 heavy (non-hydrogen) atoms. The first-order valence-corrected chi connectivity index (χ1v) is 3.69.